The van der Waals surface area contributed by atoms with Crippen molar-refractivity contribution in [3.05, 3.63) is 182 Å². The predicted octanol–water partition coefficient (Wildman–Crippen LogP) is 11.6. The molecular weight excluding hydrogens is 609 g/mol. The Hall–Kier alpha value is -6.52. The summed E-state index contributed by atoms with van der Waals surface area (Å²) >= 11 is 0. The fraction of sp³-hybridized carbons (Fsp3) is 0.0435. The third kappa shape index (κ3) is 6.60. The summed E-state index contributed by atoms with van der Waals surface area (Å²) in [4.78, 5) is 19.2. The van der Waals surface area contributed by atoms with Crippen molar-refractivity contribution in [1.29, 1.82) is 0 Å². The Balaban J connectivity index is 1.27. The van der Waals surface area contributed by atoms with Crippen molar-refractivity contribution in [2.24, 2.45) is 0 Å². The van der Waals surface area contributed by atoms with Gasteiger partial charge >= 0.3 is 0 Å². The van der Waals surface area contributed by atoms with E-state index >= 15 is 0 Å². The highest BCUT2D eigenvalue weighted by atomic mass is 14.9. The molecule has 50 heavy (non-hydrogen) atoms. The molecule has 0 aliphatic heterocycles. The molecule has 8 rings (SSSR count). The van der Waals surface area contributed by atoms with Crippen LogP contribution in [0.15, 0.2) is 170 Å². The van der Waals surface area contributed by atoms with Gasteiger partial charge in [0.25, 0.3) is 0 Å². The summed E-state index contributed by atoms with van der Waals surface area (Å²) in [5, 5.41) is 0. The summed E-state index contributed by atoms with van der Waals surface area (Å²) in [6, 6.07) is 55.2. The maximum absolute atomic E-state index is 5.17. The Bertz CT molecular complexity index is 2330. The van der Waals surface area contributed by atoms with Crippen LogP contribution in [0.4, 0.5) is 0 Å². The van der Waals surface area contributed by atoms with E-state index in [1.54, 1.807) is 6.20 Å². The van der Waals surface area contributed by atoms with Gasteiger partial charge in [0.2, 0.25) is 0 Å². The largest absolute Gasteiger partial charge is 0.264 e. The molecule has 238 valence electrons. The average molecular weight is 643 g/mol. The van der Waals surface area contributed by atoms with Gasteiger partial charge < -0.3 is 0 Å². The smallest absolute Gasteiger partial charge is 0.160 e. The maximum Gasteiger partial charge on any atom is 0.160 e. The number of hydrogen-bond donors (Lipinski definition) is 0. The van der Waals surface area contributed by atoms with Crippen LogP contribution in [0.3, 0.4) is 0 Å². The van der Waals surface area contributed by atoms with Crippen LogP contribution in [0, 0.1) is 13.8 Å². The second-order valence-electron chi connectivity index (χ2n) is 12.5. The van der Waals surface area contributed by atoms with Crippen molar-refractivity contribution < 1.29 is 0 Å². The zero-order valence-electron chi connectivity index (χ0n) is 28.0. The third-order valence-corrected chi connectivity index (χ3v) is 8.90. The Morgan fingerprint density at radius 1 is 0.320 bits per heavy atom. The topological polar surface area (TPSA) is 51.6 Å². The normalized spacial score (nSPS) is 11.0. The summed E-state index contributed by atoms with van der Waals surface area (Å²) < 4.78 is 0. The highest BCUT2D eigenvalue weighted by Gasteiger charge is 2.14. The van der Waals surface area contributed by atoms with Gasteiger partial charge in [0.1, 0.15) is 0 Å². The number of rotatable bonds is 7. The summed E-state index contributed by atoms with van der Waals surface area (Å²) in [6.45, 7) is 4.08. The van der Waals surface area contributed by atoms with E-state index < -0.39 is 0 Å². The number of aromatic nitrogens is 4. The second-order valence-corrected chi connectivity index (χ2v) is 12.5. The molecule has 0 fully saturated rings. The molecule has 3 aromatic heterocycles. The monoisotopic (exact) mass is 642 g/mol. The lowest BCUT2D eigenvalue weighted by Gasteiger charge is -2.14. The van der Waals surface area contributed by atoms with Gasteiger partial charge in [-0.2, -0.15) is 0 Å². The minimum absolute atomic E-state index is 0.680. The molecule has 0 amide bonds. The van der Waals surface area contributed by atoms with Gasteiger partial charge in [-0.3, -0.25) is 9.97 Å². The predicted molar refractivity (Wildman–Crippen MR) is 205 cm³/mol. The van der Waals surface area contributed by atoms with E-state index in [4.69, 9.17) is 9.97 Å². The standard InChI is InChI=1S/C46H34N4/c1-31-24-40(25-32(2)48-31)34-19-21-36(22-20-34)42-26-41(35-17-15-33(16-18-35)39-14-9-23-47-30-39)27-43(28-42)46-49-44(37-10-5-3-6-11-37)29-45(50-46)38-12-7-4-8-13-38/h3-30H,1-2H3. The molecule has 0 spiro atoms. The molecule has 0 radical (unpaired) electrons. The lowest BCUT2D eigenvalue weighted by Crippen LogP contribution is -1.97. The zero-order valence-corrected chi connectivity index (χ0v) is 28.0. The lowest BCUT2D eigenvalue weighted by atomic mass is 9.93. The SMILES string of the molecule is Cc1cc(-c2ccc(-c3cc(-c4ccc(-c5cccnc5)cc4)cc(-c4nc(-c5ccccc5)cc(-c5ccccc5)n4)c3)cc2)cc(C)n1. The van der Waals surface area contributed by atoms with E-state index in [9.17, 15) is 0 Å². The molecule has 0 N–H and O–H groups in total. The van der Waals surface area contributed by atoms with Crippen LogP contribution in [0.5, 0.6) is 0 Å². The summed E-state index contributed by atoms with van der Waals surface area (Å²) in [5.74, 6) is 0.680. The molecular formula is C46H34N4. The van der Waals surface area contributed by atoms with Crippen LogP contribution in [-0.4, -0.2) is 19.9 Å². The molecule has 0 aliphatic carbocycles. The number of aryl methyl sites for hydroxylation is 2. The van der Waals surface area contributed by atoms with Crippen LogP contribution in [0.25, 0.3) is 78.4 Å². The fourth-order valence-electron chi connectivity index (χ4n) is 6.42. The summed E-state index contributed by atoms with van der Waals surface area (Å²) in [7, 11) is 0. The minimum atomic E-state index is 0.680. The average Bonchev–Trinajstić information content (AvgIpc) is 3.18. The Labute approximate surface area is 292 Å². The molecule has 3 heterocycles. The van der Waals surface area contributed by atoms with Crippen LogP contribution in [0.1, 0.15) is 11.4 Å². The molecule has 0 atom stereocenters. The first-order valence-electron chi connectivity index (χ1n) is 16.8. The van der Waals surface area contributed by atoms with Gasteiger partial charge in [-0.05, 0) is 101 Å². The van der Waals surface area contributed by atoms with Crippen LogP contribution < -0.4 is 0 Å². The van der Waals surface area contributed by atoms with Crippen LogP contribution in [0.2, 0.25) is 0 Å². The van der Waals surface area contributed by atoms with Crippen LogP contribution >= 0.6 is 0 Å². The quantitative estimate of drug-likeness (QED) is 0.174. The van der Waals surface area contributed by atoms with Crippen molar-refractivity contribution in [3.63, 3.8) is 0 Å². The Morgan fingerprint density at radius 3 is 1.20 bits per heavy atom. The number of benzene rings is 5. The fourth-order valence-corrected chi connectivity index (χ4v) is 6.42. The molecule has 5 aromatic carbocycles. The van der Waals surface area contributed by atoms with Crippen LogP contribution in [-0.2, 0) is 0 Å². The number of pyridine rings is 2. The third-order valence-electron chi connectivity index (χ3n) is 8.90. The van der Waals surface area contributed by atoms with Gasteiger partial charge in [-0.15, -0.1) is 0 Å². The van der Waals surface area contributed by atoms with E-state index in [2.05, 4.69) is 125 Å². The molecule has 0 unspecified atom stereocenters. The molecule has 0 saturated heterocycles. The van der Waals surface area contributed by atoms with Gasteiger partial charge in [-0.25, -0.2) is 9.97 Å². The number of nitrogens with zero attached hydrogens (tertiary/aromatic N) is 4. The van der Waals surface area contributed by atoms with Gasteiger partial charge in [0, 0.05) is 40.5 Å². The van der Waals surface area contributed by atoms with E-state index in [1.807, 2.05) is 62.5 Å². The first-order chi connectivity index (χ1) is 24.6. The second kappa shape index (κ2) is 13.5. The molecule has 0 bridgehead atoms. The van der Waals surface area contributed by atoms with Gasteiger partial charge in [0.05, 0.1) is 11.4 Å². The van der Waals surface area contributed by atoms with Gasteiger partial charge in [-0.1, -0.05) is 115 Å². The van der Waals surface area contributed by atoms with Gasteiger partial charge in [0.15, 0.2) is 5.82 Å². The minimum Gasteiger partial charge on any atom is -0.264 e. The first kappa shape index (κ1) is 30.8. The first-order valence-corrected chi connectivity index (χ1v) is 16.8. The van der Waals surface area contributed by atoms with E-state index in [0.717, 1.165) is 78.4 Å². The lowest BCUT2D eigenvalue weighted by molar-refractivity contribution is 1.12. The molecule has 0 saturated carbocycles. The van der Waals surface area contributed by atoms with Crippen molar-refractivity contribution in [1.82, 2.24) is 19.9 Å². The Morgan fingerprint density at radius 2 is 0.740 bits per heavy atom. The van der Waals surface area contributed by atoms with E-state index in [0.29, 0.717) is 5.82 Å². The highest BCUT2D eigenvalue weighted by molar-refractivity contribution is 5.82. The zero-order chi connectivity index (χ0) is 33.9. The molecule has 4 nitrogen and oxygen atoms in total. The van der Waals surface area contributed by atoms with Crippen molar-refractivity contribution in [2.75, 3.05) is 0 Å². The maximum atomic E-state index is 5.17. The van der Waals surface area contributed by atoms with Crippen molar-refractivity contribution in [3.8, 4) is 78.4 Å². The van der Waals surface area contributed by atoms with Crippen molar-refractivity contribution >= 4 is 0 Å². The molecule has 8 aromatic rings. The van der Waals surface area contributed by atoms with E-state index in [1.165, 1.54) is 5.56 Å². The van der Waals surface area contributed by atoms with Crippen molar-refractivity contribution in [2.45, 2.75) is 13.8 Å². The Kier molecular flexibility index (Phi) is 8.34. The summed E-state index contributed by atoms with van der Waals surface area (Å²) in [5.41, 5.74) is 15.8. The van der Waals surface area contributed by atoms with E-state index in [-0.39, 0.29) is 0 Å². The molecule has 4 heteroatoms. The highest BCUT2D eigenvalue weighted by Crippen LogP contribution is 2.35. The molecule has 0 aliphatic rings. The number of hydrogen-bond acceptors (Lipinski definition) is 4. The summed E-state index contributed by atoms with van der Waals surface area (Å²) in [6.07, 6.45) is 3.70.